The maximum atomic E-state index is 12.2. The summed E-state index contributed by atoms with van der Waals surface area (Å²) in [5, 5.41) is 11.2. The highest BCUT2D eigenvalue weighted by Gasteiger charge is 2.29. The summed E-state index contributed by atoms with van der Waals surface area (Å²) in [6.07, 6.45) is 2.18. The van der Waals surface area contributed by atoms with Crippen LogP contribution in [0, 0.1) is 0 Å². The van der Waals surface area contributed by atoms with Crippen molar-refractivity contribution in [2.45, 2.75) is 18.8 Å². The number of carbonyl (C=O) groups is 2. The Morgan fingerprint density at radius 3 is 2.77 bits per heavy atom. The van der Waals surface area contributed by atoms with E-state index in [1.807, 2.05) is 11.4 Å². The normalized spacial score (nSPS) is 13.4. The van der Waals surface area contributed by atoms with Gasteiger partial charge in [-0.25, -0.2) is 0 Å². The van der Waals surface area contributed by atoms with Crippen LogP contribution in [0.4, 0.5) is 5.69 Å². The summed E-state index contributed by atoms with van der Waals surface area (Å²) in [6, 6.07) is 10.5. The third-order valence-corrected chi connectivity index (χ3v) is 4.87. The first-order valence-electron chi connectivity index (χ1n) is 8.25. The maximum absolute atomic E-state index is 12.2. The highest BCUT2D eigenvalue weighted by atomic mass is 32.1. The summed E-state index contributed by atoms with van der Waals surface area (Å²) in [5.74, 6) is 0.915. The molecule has 132 valence electrons. The van der Waals surface area contributed by atoms with Crippen molar-refractivity contribution >= 4 is 28.8 Å². The van der Waals surface area contributed by atoms with Crippen LogP contribution < -0.4 is 10.6 Å². The molecule has 3 aromatic rings. The third-order valence-electron chi connectivity index (χ3n) is 3.96. The van der Waals surface area contributed by atoms with Crippen LogP contribution in [0.5, 0.6) is 0 Å². The first kappa shape index (κ1) is 16.5. The molecule has 0 radical (unpaired) electrons. The van der Waals surface area contributed by atoms with E-state index in [0.29, 0.717) is 27.9 Å². The molecule has 0 atom stereocenters. The number of rotatable bonds is 6. The zero-order chi connectivity index (χ0) is 17.9. The molecule has 0 saturated heterocycles. The minimum atomic E-state index is -0.323. The van der Waals surface area contributed by atoms with Crippen molar-refractivity contribution in [3.63, 3.8) is 0 Å². The Balaban J connectivity index is 1.37. The summed E-state index contributed by atoms with van der Waals surface area (Å²) in [5.41, 5.74) is 1.11. The Kier molecular flexibility index (Phi) is 4.49. The van der Waals surface area contributed by atoms with Gasteiger partial charge in [0.2, 0.25) is 5.91 Å². The van der Waals surface area contributed by atoms with Gasteiger partial charge in [0.25, 0.3) is 11.8 Å². The largest absolute Gasteiger partial charge is 0.343 e. The fraction of sp³-hybridized carbons (Fsp3) is 0.222. The SMILES string of the molecule is O=C(CNC(=O)c1ccccc1)Nc1ccsc1-c1nc(C2CC2)no1. The number of hydrogen-bond acceptors (Lipinski definition) is 6. The van der Waals surface area contributed by atoms with Crippen LogP contribution >= 0.6 is 11.3 Å². The Hall–Kier alpha value is -3.00. The number of hydrogen-bond donors (Lipinski definition) is 2. The lowest BCUT2D eigenvalue weighted by molar-refractivity contribution is -0.115. The van der Waals surface area contributed by atoms with E-state index in [4.69, 9.17) is 4.52 Å². The van der Waals surface area contributed by atoms with E-state index in [2.05, 4.69) is 20.8 Å². The van der Waals surface area contributed by atoms with Crippen molar-refractivity contribution in [3.8, 4) is 10.8 Å². The molecule has 0 bridgehead atoms. The molecule has 2 aromatic heterocycles. The summed E-state index contributed by atoms with van der Waals surface area (Å²) in [4.78, 5) is 29.3. The van der Waals surface area contributed by atoms with Gasteiger partial charge in [-0.15, -0.1) is 11.3 Å². The molecule has 7 nitrogen and oxygen atoms in total. The maximum Gasteiger partial charge on any atom is 0.270 e. The molecule has 1 aliphatic carbocycles. The highest BCUT2D eigenvalue weighted by molar-refractivity contribution is 7.14. The van der Waals surface area contributed by atoms with Crippen LogP contribution in [0.25, 0.3) is 10.8 Å². The predicted octanol–water partition coefficient (Wildman–Crippen LogP) is 3.04. The third kappa shape index (κ3) is 3.65. The lowest BCUT2D eigenvalue weighted by Crippen LogP contribution is -2.32. The first-order chi connectivity index (χ1) is 12.7. The van der Waals surface area contributed by atoms with Gasteiger partial charge in [-0.2, -0.15) is 4.98 Å². The minimum absolute atomic E-state index is 0.125. The Labute approximate surface area is 153 Å². The number of thiophene rings is 1. The molecule has 1 saturated carbocycles. The van der Waals surface area contributed by atoms with Gasteiger partial charge >= 0.3 is 0 Å². The van der Waals surface area contributed by atoms with E-state index in [9.17, 15) is 9.59 Å². The molecular formula is C18H16N4O3S. The van der Waals surface area contributed by atoms with Crippen molar-refractivity contribution < 1.29 is 14.1 Å². The van der Waals surface area contributed by atoms with Gasteiger partial charge in [0.15, 0.2) is 5.82 Å². The van der Waals surface area contributed by atoms with Crippen molar-refractivity contribution in [1.29, 1.82) is 0 Å². The minimum Gasteiger partial charge on any atom is -0.343 e. The van der Waals surface area contributed by atoms with Crippen LogP contribution in [0.15, 0.2) is 46.3 Å². The molecule has 0 unspecified atom stereocenters. The molecule has 4 rings (SSSR count). The van der Waals surface area contributed by atoms with Gasteiger partial charge in [-0.05, 0) is 36.4 Å². The van der Waals surface area contributed by atoms with Gasteiger partial charge in [-0.1, -0.05) is 23.4 Å². The second kappa shape index (κ2) is 7.09. The molecule has 1 aromatic carbocycles. The Bertz CT molecular complexity index is 931. The van der Waals surface area contributed by atoms with E-state index in [1.54, 1.807) is 30.3 Å². The van der Waals surface area contributed by atoms with Crippen molar-refractivity contribution in [2.24, 2.45) is 0 Å². The summed E-state index contributed by atoms with van der Waals surface area (Å²) >= 11 is 1.41. The van der Waals surface area contributed by atoms with Crippen LogP contribution in [0.1, 0.15) is 34.9 Å². The van der Waals surface area contributed by atoms with E-state index in [-0.39, 0.29) is 18.4 Å². The van der Waals surface area contributed by atoms with Gasteiger partial charge in [0.05, 0.1) is 12.2 Å². The number of aromatic nitrogens is 2. The molecule has 2 amide bonds. The zero-order valence-electron chi connectivity index (χ0n) is 13.8. The van der Waals surface area contributed by atoms with Crippen LogP contribution in [0.3, 0.4) is 0 Å². The van der Waals surface area contributed by atoms with Gasteiger partial charge in [-0.3, -0.25) is 9.59 Å². The van der Waals surface area contributed by atoms with E-state index in [0.717, 1.165) is 18.7 Å². The van der Waals surface area contributed by atoms with Gasteiger partial charge < -0.3 is 15.2 Å². The number of carbonyl (C=O) groups excluding carboxylic acids is 2. The van der Waals surface area contributed by atoms with Crippen molar-refractivity contribution in [1.82, 2.24) is 15.5 Å². The molecule has 2 heterocycles. The fourth-order valence-corrected chi connectivity index (χ4v) is 3.22. The molecule has 0 aliphatic heterocycles. The molecule has 2 N–H and O–H groups in total. The lowest BCUT2D eigenvalue weighted by Gasteiger charge is -2.06. The zero-order valence-corrected chi connectivity index (χ0v) is 14.6. The number of nitrogens with zero attached hydrogens (tertiary/aromatic N) is 2. The smallest absolute Gasteiger partial charge is 0.270 e. The second-order valence-electron chi connectivity index (χ2n) is 5.99. The molecule has 8 heteroatoms. The summed E-state index contributed by atoms with van der Waals surface area (Å²) in [7, 11) is 0. The first-order valence-corrected chi connectivity index (χ1v) is 9.13. The standard InChI is InChI=1S/C18H16N4O3S/c23-14(10-19-17(24)12-4-2-1-3-5-12)20-13-8-9-26-15(13)18-21-16(22-25-18)11-6-7-11/h1-5,8-9,11H,6-7,10H2,(H,19,24)(H,20,23). The Morgan fingerprint density at radius 1 is 1.19 bits per heavy atom. The van der Waals surface area contributed by atoms with Crippen LogP contribution in [0.2, 0.25) is 0 Å². The van der Waals surface area contributed by atoms with E-state index in [1.165, 1.54) is 11.3 Å². The number of nitrogens with one attached hydrogen (secondary N) is 2. The monoisotopic (exact) mass is 368 g/mol. The van der Waals surface area contributed by atoms with E-state index < -0.39 is 0 Å². The van der Waals surface area contributed by atoms with Crippen molar-refractivity contribution in [3.05, 3.63) is 53.2 Å². The van der Waals surface area contributed by atoms with Gasteiger partial charge in [0.1, 0.15) is 4.88 Å². The molecular weight excluding hydrogens is 352 g/mol. The van der Waals surface area contributed by atoms with Crippen molar-refractivity contribution in [2.75, 3.05) is 11.9 Å². The molecule has 1 fully saturated rings. The quantitative estimate of drug-likeness (QED) is 0.697. The van der Waals surface area contributed by atoms with Crippen LogP contribution in [-0.2, 0) is 4.79 Å². The number of benzene rings is 1. The Morgan fingerprint density at radius 2 is 2.00 bits per heavy atom. The van der Waals surface area contributed by atoms with Crippen LogP contribution in [-0.4, -0.2) is 28.5 Å². The molecule has 26 heavy (non-hydrogen) atoms. The van der Waals surface area contributed by atoms with E-state index >= 15 is 0 Å². The topological polar surface area (TPSA) is 97.1 Å². The number of anilines is 1. The lowest BCUT2D eigenvalue weighted by atomic mass is 10.2. The fourth-order valence-electron chi connectivity index (χ4n) is 2.45. The molecule has 0 spiro atoms. The summed E-state index contributed by atoms with van der Waals surface area (Å²) in [6.45, 7) is -0.125. The average molecular weight is 368 g/mol. The molecule has 1 aliphatic rings. The number of amides is 2. The van der Waals surface area contributed by atoms with Gasteiger partial charge in [0, 0.05) is 11.5 Å². The second-order valence-corrected chi connectivity index (χ2v) is 6.91. The summed E-state index contributed by atoms with van der Waals surface area (Å²) < 4.78 is 5.32. The predicted molar refractivity (Wildman–Crippen MR) is 97.0 cm³/mol. The average Bonchev–Trinajstić information content (AvgIpc) is 3.22. The highest BCUT2D eigenvalue weighted by Crippen LogP contribution is 2.40.